The first-order chi connectivity index (χ1) is 19.0. The quantitative estimate of drug-likeness (QED) is 0.323. The zero-order chi connectivity index (χ0) is 29.3. The van der Waals surface area contributed by atoms with Gasteiger partial charge < -0.3 is 10.2 Å². The molecule has 0 aliphatic rings. The minimum Gasteiger partial charge on any atom is -0.352 e. The minimum atomic E-state index is -3.84. The molecule has 0 aliphatic carbocycles. The van der Waals surface area contributed by atoms with E-state index >= 15 is 0 Å². The number of benzene rings is 3. The lowest BCUT2D eigenvalue weighted by molar-refractivity contribution is -0.141. The average Bonchev–Trinajstić information content (AvgIpc) is 2.90. The number of anilines is 1. The van der Waals surface area contributed by atoms with E-state index in [0.29, 0.717) is 6.42 Å². The minimum absolute atomic E-state index is 0.0340. The smallest absolute Gasteiger partial charge is 0.243 e. The molecule has 7 nitrogen and oxygen atoms in total. The Labute approximate surface area is 234 Å². The fourth-order valence-corrected chi connectivity index (χ4v) is 5.32. The summed E-state index contributed by atoms with van der Waals surface area (Å²) in [5.41, 5.74) is 1.69. The molecule has 40 heavy (non-hydrogen) atoms. The molecule has 1 unspecified atom stereocenters. The number of sulfonamides is 1. The lowest BCUT2D eigenvalue weighted by Crippen LogP contribution is -2.51. The number of halogens is 2. The van der Waals surface area contributed by atoms with Crippen molar-refractivity contribution < 1.29 is 26.8 Å². The third-order valence-corrected chi connectivity index (χ3v) is 7.44. The molecule has 0 spiro atoms. The van der Waals surface area contributed by atoms with Crippen molar-refractivity contribution in [2.24, 2.45) is 0 Å². The number of nitrogens with one attached hydrogen (secondary N) is 1. The highest BCUT2D eigenvalue weighted by Gasteiger charge is 2.31. The maximum absolute atomic E-state index is 13.8. The summed E-state index contributed by atoms with van der Waals surface area (Å²) in [6.45, 7) is 3.75. The molecule has 3 aromatic rings. The molecule has 0 saturated carbocycles. The molecule has 0 radical (unpaired) electrons. The van der Waals surface area contributed by atoms with Crippen molar-refractivity contribution >= 4 is 27.5 Å². The van der Waals surface area contributed by atoms with Gasteiger partial charge >= 0.3 is 0 Å². The number of hydrogen-bond acceptors (Lipinski definition) is 4. The maximum Gasteiger partial charge on any atom is 0.243 e. The molecule has 0 aromatic heterocycles. The molecule has 0 bridgehead atoms. The van der Waals surface area contributed by atoms with Crippen LogP contribution < -0.4 is 9.62 Å². The van der Waals surface area contributed by atoms with Crippen molar-refractivity contribution in [2.45, 2.75) is 51.7 Å². The van der Waals surface area contributed by atoms with E-state index in [-0.39, 0.29) is 49.5 Å². The summed E-state index contributed by atoms with van der Waals surface area (Å²) in [6.07, 6.45) is 1.29. The summed E-state index contributed by atoms with van der Waals surface area (Å²) >= 11 is 0. The van der Waals surface area contributed by atoms with Gasteiger partial charge in [-0.05, 0) is 43.5 Å². The highest BCUT2D eigenvalue weighted by molar-refractivity contribution is 7.92. The molecule has 1 N–H and O–H groups in total. The van der Waals surface area contributed by atoms with E-state index in [4.69, 9.17) is 0 Å². The van der Waals surface area contributed by atoms with Crippen LogP contribution in [0, 0.1) is 11.6 Å². The normalized spacial score (nSPS) is 12.2. The molecule has 1 atom stereocenters. The van der Waals surface area contributed by atoms with Gasteiger partial charge in [-0.1, -0.05) is 60.7 Å². The molecule has 214 valence electrons. The van der Waals surface area contributed by atoms with Gasteiger partial charge in [0.2, 0.25) is 21.8 Å². The van der Waals surface area contributed by atoms with Crippen LogP contribution in [-0.4, -0.2) is 50.0 Å². The van der Waals surface area contributed by atoms with Crippen molar-refractivity contribution in [3.05, 3.63) is 102 Å². The Hall–Kier alpha value is -3.79. The van der Waals surface area contributed by atoms with Crippen molar-refractivity contribution in [3.63, 3.8) is 0 Å². The van der Waals surface area contributed by atoms with E-state index in [9.17, 15) is 26.8 Å². The Bertz CT molecular complexity index is 1390. The van der Waals surface area contributed by atoms with Gasteiger partial charge in [-0.15, -0.1) is 0 Å². The van der Waals surface area contributed by atoms with Crippen molar-refractivity contribution in [2.75, 3.05) is 17.1 Å². The Morgan fingerprint density at radius 2 is 1.48 bits per heavy atom. The largest absolute Gasteiger partial charge is 0.352 e. The second kappa shape index (κ2) is 14.0. The molecule has 2 amide bonds. The van der Waals surface area contributed by atoms with E-state index in [0.717, 1.165) is 33.8 Å². The Kier molecular flexibility index (Phi) is 10.8. The second-order valence-corrected chi connectivity index (χ2v) is 11.8. The summed E-state index contributed by atoms with van der Waals surface area (Å²) in [5.74, 6) is -2.88. The van der Waals surface area contributed by atoms with E-state index in [1.165, 1.54) is 11.0 Å². The molecule has 3 rings (SSSR count). The third-order valence-electron chi connectivity index (χ3n) is 6.24. The van der Waals surface area contributed by atoms with Gasteiger partial charge in [0.05, 0.1) is 11.9 Å². The van der Waals surface area contributed by atoms with Crippen LogP contribution in [0.2, 0.25) is 0 Å². The number of rotatable bonds is 13. The van der Waals surface area contributed by atoms with Gasteiger partial charge in [0.25, 0.3) is 0 Å². The molecular weight excluding hydrogens is 536 g/mol. The van der Waals surface area contributed by atoms with Crippen LogP contribution in [0.4, 0.5) is 14.5 Å². The van der Waals surface area contributed by atoms with E-state index in [2.05, 4.69) is 5.32 Å². The first-order valence-corrected chi connectivity index (χ1v) is 14.9. The van der Waals surface area contributed by atoms with Gasteiger partial charge in [0.1, 0.15) is 6.04 Å². The van der Waals surface area contributed by atoms with E-state index in [1.54, 1.807) is 0 Å². The van der Waals surface area contributed by atoms with Crippen LogP contribution in [-0.2, 0) is 32.6 Å². The lowest BCUT2D eigenvalue weighted by atomic mass is 10.0. The van der Waals surface area contributed by atoms with Crippen LogP contribution in [0.15, 0.2) is 78.9 Å². The van der Waals surface area contributed by atoms with Crippen LogP contribution in [0.5, 0.6) is 0 Å². The molecule has 0 heterocycles. The Morgan fingerprint density at radius 1 is 0.875 bits per heavy atom. The standard InChI is InChI=1S/C30H35F2N3O4S/c1-22(2)33-30(37)28(19-23-11-6-4-7-12-23)34(21-24-13-8-5-9-14-24)29(36)15-10-18-35(40(3,38)39)25-16-17-26(31)27(32)20-25/h4-9,11-14,16-17,20,22,28H,10,15,18-19,21H2,1-3H3,(H,33,37). The summed E-state index contributed by atoms with van der Waals surface area (Å²) in [6, 6.07) is 20.6. The highest BCUT2D eigenvalue weighted by Crippen LogP contribution is 2.22. The zero-order valence-electron chi connectivity index (χ0n) is 22.9. The summed E-state index contributed by atoms with van der Waals surface area (Å²) in [5, 5.41) is 2.92. The van der Waals surface area contributed by atoms with Gasteiger partial charge in [-0.3, -0.25) is 13.9 Å². The zero-order valence-corrected chi connectivity index (χ0v) is 23.7. The topological polar surface area (TPSA) is 86.8 Å². The van der Waals surface area contributed by atoms with Crippen LogP contribution in [0.3, 0.4) is 0 Å². The predicted octanol–water partition coefficient (Wildman–Crippen LogP) is 4.68. The van der Waals surface area contributed by atoms with Crippen molar-refractivity contribution in [3.8, 4) is 0 Å². The van der Waals surface area contributed by atoms with E-state index in [1.807, 2.05) is 74.5 Å². The SMILES string of the molecule is CC(C)NC(=O)C(Cc1ccccc1)N(Cc1ccccc1)C(=O)CCCN(c1ccc(F)c(F)c1)S(C)(=O)=O. The Balaban J connectivity index is 1.86. The molecule has 0 fully saturated rings. The summed E-state index contributed by atoms with van der Waals surface area (Å²) in [7, 11) is -3.84. The third kappa shape index (κ3) is 8.87. The lowest BCUT2D eigenvalue weighted by Gasteiger charge is -2.32. The van der Waals surface area contributed by atoms with Crippen molar-refractivity contribution in [1.82, 2.24) is 10.2 Å². The summed E-state index contributed by atoms with van der Waals surface area (Å²) in [4.78, 5) is 28.6. The van der Waals surface area contributed by atoms with E-state index < -0.39 is 27.7 Å². The first kappa shape index (κ1) is 30.7. The molecular formula is C30H35F2N3O4S. The van der Waals surface area contributed by atoms with Gasteiger partial charge in [0.15, 0.2) is 11.6 Å². The molecule has 0 aliphatic heterocycles. The second-order valence-electron chi connectivity index (χ2n) is 9.91. The number of carbonyl (C=O) groups excluding carboxylic acids is 2. The predicted molar refractivity (Wildman–Crippen MR) is 152 cm³/mol. The fourth-order valence-electron chi connectivity index (χ4n) is 4.36. The first-order valence-electron chi connectivity index (χ1n) is 13.1. The number of nitrogens with zero attached hydrogens (tertiary/aromatic N) is 2. The average molecular weight is 572 g/mol. The van der Waals surface area contributed by atoms with Gasteiger partial charge in [-0.2, -0.15) is 0 Å². The Morgan fingerprint density at radius 3 is 2.02 bits per heavy atom. The molecule has 10 heteroatoms. The molecule has 3 aromatic carbocycles. The van der Waals surface area contributed by atoms with Gasteiger partial charge in [0, 0.05) is 38.0 Å². The highest BCUT2D eigenvalue weighted by atomic mass is 32.2. The van der Waals surface area contributed by atoms with Crippen molar-refractivity contribution in [1.29, 1.82) is 0 Å². The van der Waals surface area contributed by atoms with Gasteiger partial charge in [-0.25, -0.2) is 17.2 Å². The number of amides is 2. The monoisotopic (exact) mass is 571 g/mol. The summed E-state index contributed by atoms with van der Waals surface area (Å²) < 4.78 is 53.1. The fraction of sp³-hybridized carbons (Fsp3) is 0.333. The van der Waals surface area contributed by atoms with Crippen LogP contribution in [0.25, 0.3) is 0 Å². The number of carbonyl (C=O) groups is 2. The molecule has 0 saturated heterocycles. The van der Waals surface area contributed by atoms with Crippen LogP contribution in [0.1, 0.15) is 37.8 Å². The maximum atomic E-state index is 13.8. The van der Waals surface area contributed by atoms with Crippen LogP contribution >= 0.6 is 0 Å². The number of hydrogen-bond donors (Lipinski definition) is 1.